The van der Waals surface area contributed by atoms with Crippen LogP contribution in [0.4, 0.5) is 0 Å². The number of hydrogen-bond acceptors (Lipinski definition) is 17. The van der Waals surface area contributed by atoms with Crippen LogP contribution >= 0.6 is 0 Å². The van der Waals surface area contributed by atoms with E-state index in [1.54, 1.807) is 6.92 Å². The molecule has 0 aromatic heterocycles. The smallest absolute Gasteiger partial charge is 0.344 e. The van der Waals surface area contributed by atoms with Crippen LogP contribution in [-0.4, -0.2) is 127 Å². The van der Waals surface area contributed by atoms with Gasteiger partial charge in [-0.2, -0.15) is 0 Å². The number of esters is 2. The van der Waals surface area contributed by atoms with Crippen LogP contribution in [0.25, 0.3) is 0 Å². The summed E-state index contributed by atoms with van der Waals surface area (Å²) in [5.41, 5.74) is 7.88. The first-order chi connectivity index (χ1) is 33.8. The monoisotopic (exact) mass is 1020 g/mol. The SMILES string of the molecule is C.CC(CC1C(=O)OC(=O)C1C)c1ccccc1.CN.CNC(=O)C(CC(C)c1ccccc1)C(C)C(=O)[O-].CNC(=O)C(CC(C)c1ccccc1)C(C)C(=O)[O-].CO.CO.CO.CO.COB([O-])OC. The minimum atomic E-state index is -1.31. The van der Waals surface area contributed by atoms with Crippen molar-refractivity contribution in [3.63, 3.8) is 0 Å². The molecule has 3 aromatic rings. The lowest BCUT2D eigenvalue weighted by molar-refractivity contribution is -0.313. The standard InChI is InChI=1S/2C15H21NO3.C14H16O3.C2H6BO3.CH5N.4CH4O.CH4/c2*1-10(12-7-5-4-6-8-12)9-13(14(17)16-3)11(2)15(18)19;1-9(11-6-4-3-5-7-11)8-12-10(2)13(15)17-14(12)16;1-5-3(4)6-2;5*1-2;/h2*4-8,10-11,13H,9H2,1-3H3,(H,16,17)(H,18,19);3-7,9-10,12H,8H2,1-2H3;1-2H3;2H2,1H3;4*2H,1H3;1H4/q;;;-1;;;;;;/p-2. The Labute approximate surface area is 429 Å². The van der Waals surface area contributed by atoms with Gasteiger partial charge in [0.25, 0.3) is 0 Å². The maximum atomic E-state index is 11.8. The molecular weight excluding hydrogens is 933 g/mol. The van der Waals surface area contributed by atoms with Crippen molar-refractivity contribution in [2.24, 2.45) is 41.2 Å². The molecule has 8 N–H and O–H groups in total. The van der Waals surface area contributed by atoms with Gasteiger partial charge in [0.05, 0.1) is 11.8 Å². The minimum absolute atomic E-state index is 0. The van der Waals surface area contributed by atoms with Crippen LogP contribution in [-0.2, 0) is 42.8 Å². The predicted molar refractivity (Wildman–Crippen MR) is 275 cm³/mol. The maximum Gasteiger partial charge on any atom is 0.344 e. The second-order valence-corrected chi connectivity index (χ2v) is 15.2. The summed E-state index contributed by atoms with van der Waals surface area (Å²) in [6.45, 7) is 10.9. The van der Waals surface area contributed by atoms with Gasteiger partial charge < -0.3 is 75.7 Å². The van der Waals surface area contributed by atoms with Gasteiger partial charge in [-0.05, 0) is 60.8 Å². The van der Waals surface area contributed by atoms with Gasteiger partial charge in [0.2, 0.25) is 11.8 Å². The Hall–Kier alpha value is -5.58. The molecule has 1 saturated heterocycles. The molecule has 3 aromatic carbocycles. The van der Waals surface area contributed by atoms with E-state index < -0.39 is 42.9 Å². The fraction of sp³-hybridized carbons (Fsp3) is 0.538. The molecule has 2 amide bonds. The van der Waals surface area contributed by atoms with Crippen molar-refractivity contribution in [1.82, 2.24) is 10.6 Å². The number of aliphatic carboxylic acids is 2. The number of carboxylic acids is 2. The molecule has 4 rings (SSSR count). The number of aliphatic hydroxyl groups excluding tert-OH is 4. The molecule has 1 heterocycles. The summed E-state index contributed by atoms with van der Waals surface area (Å²) in [5.74, 6) is -6.51. The Morgan fingerprint density at radius 3 is 1.08 bits per heavy atom. The van der Waals surface area contributed by atoms with Gasteiger partial charge in [0.1, 0.15) is 0 Å². The molecule has 0 spiro atoms. The van der Waals surface area contributed by atoms with Crippen molar-refractivity contribution >= 4 is 43.0 Å². The fourth-order valence-corrected chi connectivity index (χ4v) is 6.70. The van der Waals surface area contributed by atoms with Crippen LogP contribution in [0.15, 0.2) is 91.0 Å². The lowest BCUT2D eigenvalue weighted by Crippen LogP contribution is -2.41. The summed E-state index contributed by atoms with van der Waals surface area (Å²) in [4.78, 5) is 68.4. The summed E-state index contributed by atoms with van der Waals surface area (Å²) in [7, 11) is 9.81. The van der Waals surface area contributed by atoms with Crippen molar-refractivity contribution < 1.29 is 78.5 Å². The number of benzene rings is 3. The van der Waals surface area contributed by atoms with E-state index >= 15 is 0 Å². The van der Waals surface area contributed by atoms with Gasteiger partial charge in [0.15, 0.2) is 0 Å². The Balaban J connectivity index is -0.000000197. The molecule has 0 radical (unpaired) electrons. The van der Waals surface area contributed by atoms with Crippen LogP contribution in [0.5, 0.6) is 0 Å². The number of carbonyl (C=O) groups excluding carboxylic acids is 6. The van der Waals surface area contributed by atoms with Gasteiger partial charge in [-0.3, -0.25) is 19.2 Å². The second-order valence-electron chi connectivity index (χ2n) is 15.2. The lowest BCUT2D eigenvalue weighted by Gasteiger charge is -2.26. The van der Waals surface area contributed by atoms with Crippen LogP contribution in [0.1, 0.15) is 103 Å². The number of nitrogens with one attached hydrogen (secondary N) is 2. The third-order valence-electron chi connectivity index (χ3n) is 10.9. The number of hydrogen-bond donors (Lipinski definition) is 7. The summed E-state index contributed by atoms with van der Waals surface area (Å²) in [6, 6.07) is 29.5. The van der Waals surface area contributed by atoms with Crippen LogP contribution in [0, 0.1) is 35.5 Å². The summed E-state index contributed by atoms with van der Waals surface area (Å²) in [5, 5.41) is 64.9. The molecule has 19 nitrogen and oxygen atoms in total. The Morgan fingerprint density at radius 2 is 0.875 bits per heavy atom. The van der Waals surface area contributed by atoms with E-state index in [-0.39, 0.29) is 60.8 Å². The van der Waals surface area contributed by atoms with E-state index in [9.17, 15) is 44.0 Å². The van der Waals surface area contributed by atoms with Crippen LogP contribution < -0.4 is 31.6 Å². The van der Waals surface area contributed by atoms with Crippen molar-refractivity contribution in [3.8, 4) is 0 Å². The summed E-state index contributed by atoms with van der Waals surface area (Å²) in [6.07, 6.45) is 1.63. The molecule has 0 aliphatic carbocycles. The van der Waals surface area contributed by atoms with Gasteiger partial charge in [-0.1, -0.05) is 140 Å². The van der Waals surface area contributed by atoms with Gasteiger partial charge in [0, 0.05) is 92.4 Å². The van der Waals surface area contributed by atoms with Crippen molar-refractivity contribution in [3.05, 3.63) is 108 Å². The Morgan fingerprint density at radius 1 is 0.597 bits per heavy atom. The molecule has 72 heavy (non-hydrogen) atoms. The van der Waals surface area contributed by atoms with Crippen molar-refractivity contribution in [2.45, 2.75) is 86.0 Å². The quantitative estimate of drug-likeness (QED) is 0.0574. The van der Waals surface area contributed by atoms with E-state index in [0.29, 0.717) is 19.3 Å². The molecule has 9 unspecified atom stereocenters. The topological polar surface area (TPSA) is 330 Å². The van der Waals surface area contributed by atoms with Gasteiger partial charge in [-0.15, -0.1) is 0 Å². The Kier molecular flexibility index (Phi) is 53.0. The molecule has 412 valence electrons. The second kappa shape index (κ2) is 49.0. The number of carboxylic acid groups (broad SMARTS) is 2. The zero-order chi connectivity index (χ0) is 56.2. The van der Waals surface area contributed by atoms with E-state index in [0.717, 1.165) is 39.6 Å². The minimum Gasteiger partial charge on any atom is -0.832 e. The van der Waals surface area contributed by atoms with Crippen molar-refractivity contribution in [1.29, 1.82) is 0 Å². The molecule has 1 fully saturated rings. The predicted octanol–water partition coefficient (Wildman–Crippen LogP) is 1.64. The highest BCUT2D eigenvalue weighted by Gasteiger charge is 2.41. The first kappa shape index (κ1) is 77.9. The first-order valence-corrected chi connectivity index (χ1v) is 22.7. The number of amides is 2. The van der Waals surface area contributed by atoms with E-state index in [2.05, 4.69) is 37.3 Å². The Bertz CT molecular complexity index is 1710. The third-order valence-corrected chi connectivity index (χ3v) is 10.9. The zero-order valence-electron chi connectivity index (χ0n) is 44.3. The summed E-state index contributed by atoms with van der Waals surface area (Å²) >= 11 is 0. The molecule has 1 aliphatic heterocycles. The lowest BCUT2D eigenvalue weighted by atomic mass is 9.82. The average Bonchev–Trinajstić information content (AvgIpc) is 3.67. The van der Waals surface area contributed by atoms with Crippen molar-refractivity contribution in [2.75, 3.05) is 63.8 Å². The average molecular weight is 1020 g/mol. The van der Waals surface area contributed by atoms with Crippen LogP contribution in [0.3, 0.4) is 0 Å². The number of ether oxygens (including phenoxy) is 1. The van der Waals surface area contributed by atoms with E-state index in [4.69, 9.17) is 20.4 Å². The number of nitrogens with two attached hydrogens (primary N) is 1. The third kappa shape index (κ3) is 31.7. The molecule has 0 bridgehead atoms. The first-order valence-electron chi connectivity index (χ1n) is 22.7. The zero-order valence-corrected chi connectivity index (χ0v) is 44.3. The van der Waals surface area contributed by atoms with Gasteiger partial charge in [-0.25, -0.2) is 0 Å². The highest BCUT2D eigenvalue weighted by molar-refractivity contribution is 6.32. The molecular formula is C52H87BN3O16-3. The summed E-state index contributed by atoms with van der Waals surface area (Å²) < 4.78 is 12.9. The normalized spacial score (nSPS) is 15.3. The molecule has 9 atom stereocenters. The maximum absolute atomic E-state index is 11.8. The fourth-order valence-electron chi connectivity index (χ4n) is 6.70. The van der Waals surface area contributed by atoms with Gasteiger partial charge >= 0.3 is 19.3 Å². The highest BCUT2D eigenvalue weighted by Crippen LogP contribution is 2.33. The molecule has 20 heteroatoms. The van der Waals surface area contributed by atoms with E-state index in [1.807, 2.05) is 105 Å². The van der Waals surface area contributed by atoms with Crippen LogP contribution in [0.2, 0.25) is 0 Å². The molecule has 1 aliphatic rings. The number of aliphatic hydroxyl groups is 4. The molecule has 0 saturated carbocycles. The number of rotatable bonds is 17. The largest absolute Gasteiger partial charge is 0.832 e. The van der Waals surface area contributed by atoms with E-state index in [1.165, 1.54) is 54.8 Å². The number of cyclic esters (lactones) is 2. The number of carbonyl (C=O) groups is 6. The highest BCUT2D eigenvalue weighted by atomic mass is 16.7.